The molecule has 0 aliphatic carbocycles. The number of amides is 1. The van der Waals surface area contributed by atoms with Crippen molar-refractivity contribution in [3.8, 4) is 0 Å². The Morgan fingerprint density at radius 1 is 1.27 bits per heavy atom. The van der Waals surface area contributed by atoms with Gasteiger partial charge in [0, 0.05) is 15.7 Å². The van der Waals surface area contributed by atoms with Crippen LogP contribution in [0, 0.1) is 0 Å². The van der Waals surface area contributed by atoms with Gasteiger partial charge in [-0.3, -0.25) is 9.00 Å². The van der Waals surface area contributed by atoms with Crippen molar-refractivity contribution in [1.29, 1.82) is 0 Å². The van der Waals surface area contributed by atoms with Crippen LogP contribution < -0.4 is 5.32 Å². The van der Waals surface area contributed by atoms with Crippen molar-refractivity contribution in [2.24, 2.45) is 0 Å². The molecule has 6 heteroatoms. The number of furan rings is 1. The molecule has 2 N–H and O–H groups in total. The van der Waals surface area contributed by atoms with Crippen molar-refractivity contribution >= 4 is 16.7 Å². The number of nitrogens with one attached hydrogen (secondary N) is 1. The highest BCUT2D eigenvalue weighted by Crippen LogP contribution is 2.14. The van der Waals surface area contributed by atoms with E-state index in [2.05, 4.69) is 5.32 Å². The van der Waals surface area contributed by atoms with Crippen LogP contribution in [0.4, 0.5) is 0 Å². The van der Waals surface area contributed by atoms with E-state index in [0.29, 0.717) is 16.2 Å². The van der Waals surface area contributed by atoms with Crippen LogP contribution in [-0.4, -0.2) is 27.0 Å². The Labute approximate surface area is 131 Å². The summed E-state index contributed by atoms with van der Waals surface area (Å²) in [5.41, 5.74) is 0.455. The lowest BCUT2D eigenvalue weighted by Gasteiger charge is -2.10. The average Bonchev–Trinajstić information content (AvgIpc) is 3.06. The number of carbonyl (C=O) groups excluding carboxylic acids is 1. The van der Waals surface area contributed by atoms with Gasteiger partial charge in [-0.1, -0.05) is 13.8 Å². The van der Waals surface area contributed by atoms with Crippen molar-refractivity contribution in [2.45, 2.75) is 30.1 Å². The predicted octanol–water partition coefficient (Wildman–Crippen LogP) is 2.26. The van der Waals surface area contributed by atoms with E-state index in [-0.39, 0.29) is 17.7 Å². The van der Waals surface area contributed by atoms with E-state index < -0.39 is 16.9 Å². The van der Waals surface area contributed by atoms with E-state index in [9.17, 15) is 14.1 Å². The van der Waals surface area contributed by atoms with Gasteiger partial charge in [-0.05, 0) is 36.4 Å². The van der Waals surface area contributed by atoms with Crippen LogP contribution >= 0.6 is 0 Å². The molecule has 0 radical (unpaired) electrons. The molecule has 2 aromatic rings. The molecular weight excluding hydrogens is 302 g/mol. The summed E-state index contributed by atoms with van der Waals surface area (Å²) in [7, 11) is -1.07. The lowest BCUT2D eigenvalue weighted by Crippen LogP contribution is -2.28. The van der Waals surface area contributed by atoms with Gasteiger partial charge in [0.15, 0.2) is 0 Å². The zero-order valence-corrected chi connectivity index (χ0v) is 13.3. The average molecular weight is 321 g/mol. The van der Waals surface area contributed by atoms with E-state index in [1.165, 1.54) is 6.26 Å². The predicted molar refractivity (Wildman–Crippen MR) is 84.0 cm³/mol. The van der Waals surface area contributed by atoms with Crippen LogP contribution in [0.3, 0.4) is 0 Å². The standard InChI is InChI=1S/C16H19NO4S/c1-11(2)22(20)13-7-5-12(6-8-13)16(19)17-10-14(18)15-4-3-9-21-15/h3-9,11,14,18H,10H2,1-2H3,(H,17,19). The van der Waals surface area contributed by atoms with Crippen molar-refractivity contribution in [1.82, 2.24) is 5.32 Å². The highest BCUT2D eigenvalue weighted by atomic mass is 32.2. The number of hydrogen-bond donors (Lipinski definition) is 2. The Bertz CT molecular complexity index is 635. The molecule has 0 bridgehead atoms. The SMILES string of the molecule is CC(C)S(=O)c1ccc(C(=O)NCC(O)c2ccco2)cc1. The Morgan fingerprint density at radius 2 is 1.95 bits per heavy atom. The maximum Gasteiger partial charge on any atom is 0.251 e. The lowest BCUT2D eigenvalue weighted by molar-refractivity contribution is 0.0901. The first-order valence-electron chi connectivity index (χ1n) is 6.99. The minimum atomic E-state index is -1.07. The highest BCUT2D eigenvalue weighted by molar-refractivity contribution is 7.85. The topological polar surface area (TPSA) is 79.5 Å². The van der Waals surface area contributed by atoms with Crippen molar-refractivity contribution < 1.29 is 18.5 Å². The molecule has 1 amide bonds. The summed E-state index contributed by atoms with van der Waals surface area (Å²) in [5.74, 6) is 0.107. The molecule has 0 saturated heterocycles. The third-order valence-corrected chi connectivity index (χ3v) is 4.70. The molecule has 0 spiro atoms. The van der Waals surface area contributed by atoms with Gasteiger partial charge in [0.2, 0.25) is 0 Å². The normalized spacial score (nSPS) is 13.8. The second-order valence-electron chi connectivity index (χ2n) is 5.11. The Kier molecular flexibility index (Phi) is 5.51. The van der Waals surface area contributed by atoms with Gasteiger partial charge in [0.1, 0.15) is 11.9 Å². The number of aliphatic hydroxyl groups is 1. The zero-order valence-electron chi connectivity index (χ0n) is 12.5. The molecule has 1 aromatic heterocycles. The van der Waals surface area contributed by atoms with E-state index in [1.807, 2.05) is 13.8 Å². The van der Waals surface area contributed by atoms with Crippen LogP contribution in [-0.2, 0) is 10.8 Å². The van der Waals surface area contributed by atoms with E-state index in [0.717, 1.165) is 0 Å². The third-order valence-electron chi connectivity index (χ3n) is 3.10. The summed E-state index contributed by atoms with van der Waals surface area (Å²) < 4.78 is 17.0. The molecule has 5 nitrogen and oxygen atoms in total. The van der Waals surface area contributed by atoms with Gasteiger partial charge < -0.3 is 14.8 Å². The monoisotopic (exact) mass is 321 g/mol. The summed E-state index contributed by atoms with van der Waals surface area (Å²) >= 11 is 0. The molecule has 22 heavy (non-hydrogen) atoms. The Hall–Kier alpha value is -1.92. The zero-order chi connectivity index (χ0) is 16.1. The number of benzene rings is 1. The summed E-state index contributed by atoms with van der Waals surface area (Å²) in [6.07, 6.45) is 0.584. The Morgan fingerprint density at radius 3 is 2.50 bits per heavy atom. The maximum absolute atomic E-state index is 12.0. The van der Waals surface area contributed by atoms with E-state index >= 15 is 0 Å². The second kappa shape index (κ2) is 7.38. The molecule has 2 unspecified atom stereocenters. The number of carbonyl (C=O) groups is 1. The van der Waals surface area contributed by atoms with Gasteiger partial charge in [-0.15, -0.1) is 0 Å². The van der Waals surface area contributed by atoms with Crippen LogP contribution in [0.25, 0.3) is 0 Å². The van der Waals surface area contributed by atoms with Crippen molar-refractivity contribution in [2.75, 3.05) is 6.54 Å². The minimum Gasteiger partial charge on any atom is -0.467 e. The summed E-state index contributed by atoms with van der Waals surface area (Å²) in [6.45, 7) is 3.82. The molecular formula is C16H19NO4S. The first-order chi connectivity index (χ1) is 10.5. The molecule has 2 atom stereocenters. The summed E-state index contributed by atoms with van der Waals surface area (Å²) in [5, 5.41) is 12.5. The number of hydrogen-bond acceptors (Lipinski definition) is 4. The highest BCUT2D eigenvalue weighted by Gasteiger charge is 2.14. The maximum atomic E-state index is 12.0. The second-order valence-corrected chi connectivity index (χ2v) is 7.12. The Balaban J connectivity index is 1.94. The van der Waals surface area contributed by atoms with Crippen LogP contribution in [0.15, 0.2) is 52.0 Å². The molecule has 1 aromatic carbocycles. The lowest BCUT2D eigenvalue weighted by atomic mass is 10.2. The van der Waals surface area contributed by atoms with Gasteiger partial charge in [-0.25, -0.2) is 0 Å². The fourth-order valence-electron chi connectivity index (χ4n) is 1.89. The van der Waals surface area contributed by atoms with Gasteiger partial charge in [0.25, 0.3) is 5.91 Å². The molecule has 1 heterocycles. The fraction of sp³-hybridized carbons (Fsp3) is 0.312. The largest absolute Gasteiger partial charge is 0.467 e. The van der Waals surface area contributed by atoms with Crippen LogP contribution in [0.1, 0.15) is 36.1 Å². The summed E-state index contributed by atoms with van der Waals surface area (Å²) in [6, 6.07) is 9.96. The van der Waals surface area contributed by atoms with Gasteiger partial charge in [-0.2, -0.15) is 0 Å². The smallest absolute Gasteiger partial charge is 0.251 e. The van der Waals surface area contributed by atoms with Crippen molar-refractivity contribution in [3.05, 3.63) is 54.0 Å². The van der Waals surface area contributed by atoms with E-state index in [4.69, 9.17) is 4.42 Å². The van der Waals surface area contributed by atoms with E-state index in [1.54, 1.807) is 36.4 Å². The van der Waals surface area contributed by atoms with Gasteiger partial charge >= 0.3 is 0 Å². The first kappa shape index (κ1) is 16.5. The third kappa shape index (κ3) is 4.05. The molecule has 0 fully saturated rings. The molecule has 0 aliphatic rings. The molecule has 118 valence electrons. The molecule has 0 aliphatic heterocycles. The summed E-state index contributed by atoms with van der Waals surface area (Å²) in [4.78, 5) is 12.7. The van der Waals surface area contributed by atoms with Crippen LogP contribution in [0.5, 0.6) is 0 Å². The number of aliphatic hydroxyl groups excluding tert-OH is 1. The quantitative estimate of drug-likeness (QED) is 0.855. The number of rotatable bonds is 6. The first-order valence-corrected chi connectivity index (χ1v) is 8.20. The fourth-order valence-corrected chi connectivity index (χ4v) is 2.83. The van der Waals surface area contributed by atoms with Crippen LogP contribution in [0.2, 0.25) is 0 Å². The molecule has 0 saturated carbocycles. The van der Waals surface area contributed by atoms with Gasteiger partial charge in [0.05, 0.1) is 23.6 Å². The molecule has 2 rings (SSSR count). The minimum absolute atomic E-state index is 0.0307. The van der Waals surface area contributed by atoms with Crippen molar-refractivity contribution in [3.63, 3.8) is 0 Å².